The van der Waals surface area contributed by atoms with Gasteiger partial charge in [0.25, 0.3) is 15.9 Å². The summed E-state index contributed by atoms with van der Waals surface area (Å²) in [4.78, 5) is 12.3. The highest BCUT2D eigenvalue weighted by molar-refractivity contribution is 7.92. The van der Waals surface area contributed by atoms with Crippen molar-refractivity contribution < 1.29 is 30.4 Å². The monoisotopic (exact) mass is 456 g/mol. The van der Waals surface area contributed by atoms with Crippen molar-refractivity contribution in [1.82, 2.24) is 5.32 Å². The summed E-state index contributed by atoms with van der Waals surface area (Å²) >= 11 is 0. The lowest BCUT2D eigenvalue weighted by Crippen LogP contribution is -2.76. The highest BCUT2D eigenvalue weighted by Gasteiger charge is 2.69. The van der Waals surface area contributed by atoms with Crippen LogP contribution >= 0.6 is 0 Å². The molecule has 1 amide bonds. The molecule has 160 valence electrons. The summed E-state index contributed by atoms with van der Waals surface area (Å²) < 4.78 is 78.1. The molecule has 0 radical (unpaired) electrons. The fourth-order valence-electron chi connectivity index (χ4n) is 3.97. The summed E-state index contributed by atoms with van der Waals surface area (Å²) in [6, 6.07) is 7.51. The highest BCUT2D eigenvalue weighted by atomic mass is 32.2. The van der Waals surface area contributed by atoms with E-state index in [0.717, 1.165) is 48.7 Å². The van der Waals surface area contributed by atoms with E-state index in [9.17, 15) is 30.4 Å². The number of hydrogen-bond donors (Lipinski definition) is 2. The third-order valence-corrected chi connectivity index (χ3v) is 7.89. The van der Waals surface area contributed by atoms with Crippen LogP contribution in [0.5, 0.6) is 0 Å². The van der Waals surface area contributed by atoms with Gasteiger partial charge in [-0.3, -0.25) is 9.52 Å². The minimum atomic E-state index is -4.24. The normalized spacial score (nSPS) is 25.0. The highest BCUT2D eigenvalue weighted by Crippen LogP contribution is 2.63. The molecule has 2 N–H and O–H groups in total. The average Bonchev–Trinajstić information content (AvgIpc) is 2.58. The molecule has 11 heteroatoms. The molecule has 3 fully saturated rings. The number of carbonyl (C=O) groups is 1. The summed E-state index contributed by atoms with van der Waals surface area (Å²) in [7, 11) is -7.74. The number of nitrogens with one attached hydrogen (secondary N) is 2. The number of rotatable bonds is 6. The van der Waals surface area contributed by atoms with Gasteiger partial charge in [0.2, 0.25) is 0 Å². The second kappa shape index (κ2) is 6.48. The topological polar surface area (TPSA) is 109 Å². The van der Waals surface area contributed by atoms with Gasteiger partial charge in [0.1, 0.15) is 11.5 Å². The SMILES string of the molecule is CS(=O)(=O)c1ccc(S(=O)(=O)Nc2cc(F)ccc2C(=O)NC23CC(F)(C2)C3)cc1. The molecule has 0 aliphatic heterocycles. The smallest absolute Gasteiger partial charge is 0.261 e. The minimum Gasteiger partial charge on any atom is -0.346 e. The number of sulfone groups is 1. The van der Waals surface area contributed by atoms with E-state index in [4.69, 9.17) is 0 Å². The molecule has 3 saturated carbocycles. The van der Waals surface area contributed by atoms with E-state index in [-0.39, 0.29) is 40.3 Å². The Morgan fingerprint density at radius 2 is 1.53 bits per heavy atom. The van der Waals surface area contributed by atoms with Crippen LogP contribution in [0.1, 0.15) is 29.6 Å². The van der Waals surface area contributed by atoms with Gasteiger partial charge in [0.05, 0.1) is 21.0 Å². The number of amides is 1. The third kappa shape index (κ3) is 3.67. The minimum absolute atomic E-state index is 0.0588. The molecule has 3 aliphatic rings. The second-order valence-corrected chi connectivity index (χ2v) is 11.7. The maximum Gasteiger partial charge on any atom is 0.261 e. The van der Waals surface area contributed by atoms with Crippen molar-refractivity contribution in [2.75, 3.05) is 11.0 Å². The number of sulfonamides is 1. The van der Waals surface area contributed by atoms with Crippen molar-refractivity contribution in [1.29, 1.82) is 0 Å². The first-order valence-electron chi connectivity index (χ1n) is 8.95. The maximum atomic E-state index is 13.8. The number of benzene rings is 2. The Bertz CT molecular complexity index is 1240. The van der Waals surface area contributed by atoms with Gasteiger partial charge in [-0.15, -0.1) is 0 Å². The van der Waals surface area contributed by atoms with Crippen LogP contribution in [-0.4, -0.2) is 40.2 Å². The number of anilines is 1. The Kier molecular flexibility index (Phi) is 4.48. The largest absolute Gasteiger partial charge is 0.346 e. The summed E-state index contributed by atoms with van der Waals surface area (Å²) in [5.41, 5.74) is -2.23. The summed E-state index contributed by atoms with van der Waals surface area (Å²) in [6.45, 7) is 0. The van der Waals surface area contributed by atoms with E-state index < -0.39 is 42.8 Å². The molecule has 0 atom stereocenters. The lowest BCUT2D eigenvalue weighted by Gasteiger charge is -2.65. The van der Waals surface area contributed by atoms with Crippen LogP contribution in [0, 0.1) is 5.82 Å². The quantitative estimate of drug-likeness (QED) is 0.694. The van der Waals surface area contributed by atoms with Crippen LogP contribution in [0.15, 0.2) is 52.3 Å². The Morgan fingerprint density at radius 3 is 2.07 bits per heavy atom. The van der Waals surface area contributed by atoms with Gasteiger partial charge in [-0.05, 0) is 42.5 Å². The van der Waals surface area contributed by atoms with Gasteiger partial charge in [0, 0.05) is 31.1 Å². The van der Waals surface area contributed by atoms with E-state index in [2.05, 4.69) is 10.0 Å². The second-order valence-electron chi connectivity index (χ2n) is 7.95. The molecule has 5 rings (SSSR count). The summed E-state index contributed by atoms with van der Waals surface area (Å²) in [5, 5.41) is 2.71. The van der Waals surface area contributed by atoms with Crippen LogP contribution in [0.3, 0.4) is 0 Å². The number of carbonyl (C=O) groups excluding carboxylic acids is 1. The van der Waals surface area contributed by atoms with Crippen molar-refractivity contribution in [3.05, 3.63) is 53.8 Å². The molecule has 3 aliphatic carbocycles. The zero-order valence-electron chi connectivity index (χ0n) is 15.8. The Morgan fingerprint density at radius 1 is 0.967 bits per heavy atom. The average molecular weight is 456 g/mol. The summed E-state index contributed by atoms with van der Waals surface area (Å²) in [6.07, 6.45) is 1.62. The van der Waals surface area contributed by atoms with Gasteiger partial charge in [-0.2, -0.15) is 0 Å². The van der Waals surface area contributed by atoms with Gasteiger partial charge >= 0.3 is 0 Å². The predicted octanol–water partition coefficient (Wildman–Crippen LogP) is 2.40. The Balaban J connectivity index is 1.59. The van der Waals surface area contributed by atoms with E-state index in [1.54, 1.807) is 0 Å². The first-order chi connectivity index (χ1) is 13.8. The number of halogens is 2. The molecular formula is C19H18F2N2O5S2. The lowest BCUT2D eigenvalue weighted by molar-refractivity contribution is -0.162. The van der Waals surface area contributed by atoms with E-state index >= 15 is 0 Å². The van der Waals surface area contributed by atoms with Crippen LogP contribution in [0.25, 0.3) is 0 Å². The van der Waals surface area contributed by atoms with Gasteiger partial charge < -0.3 is 5.32 Å². The molecule has 0 spiro atoms. The van der Waals surface area contributed by atoms with Crippen molar-refractivity contribution in [2.24, 2.45) is 0 Å². The molecule has 2 aromatic carbocycles. The lowest BCUT2D eigenvalue weighted by atomic mass is 9.47. The zero-order chi connectivity index (χ0) is 21.9. The van der Waals surface area contributed by atoms with Crippen LogP contribution in [0.2, 0.25) is 0 Å². The number of alkyl halides is 1. The standard InChI is InChI=1S/C19H18F2N2O5S2/c1-29(25,26)13-3-5-14(6-4-13)30(27,28)23-16-8-12(20)2-7-15(16)17(24)22-19-9-18(21,10-19)11-19/h2-8,23H,9-11H2,1H3,(H,22,24). The van der Waals surface area contributed by atoms with Crippen LogP contribution in [0.4, 0.5) is 14.5 Å². The number of hydrogen-bond acceptors (Lipinski definition) is 5. The molecule has 30 heavy (non-hydrogen) atoms. The molecule has 0 heterocycles. The van der Waals surface area contributed by atoms with Crippen molar-refractivity contribution in [2.45, 2.75) is 40.3 Å². The molecule has 0 saturated heterocycles. The van der Waals surface area contributed by atoms with E-state index in [0.29, 0.717) is 0 Å². The molecule has 2 bridgehead atoms. The van der Waals surface area contributed by atoms with E-state index in [1.165, 1.54) is 0 Å². The molecule has 7 nitrogen and oxygen atoms in total. The predicted molar refractivity (Wildman–Crippen MR) is 105 cm³/mol. The zero-order valence-corrected chi connectivity index (χ0v) is 17.4. The van der Waals surface area contributed by atoms with Gasteiger partial charge in [-0.25, -0.2) is 25.6 Å². The summed E-state index contributed by atoms with van der Waals surface area (Å²) in [5.74, 6) is -1.40. The van der Waals surface area contributed by atoms with Crippen molar-refractivity contribution >= 4 is 31.5 Å². The van der Waals surface area contributed by atoms with Gasteiger partial charge in [-0.1, -0.05) is 0 Å². The first-order valence-corrected chi connectivity index (χ1v) is 12.3. The molecule has 0 aromatic heterocycles. The molecule has 0 unspecified atom stereocenters. The van der Waals surface area contributed by atoms with Crippen molar-refractivity contribution in [3.63, 3.8) is 0 Å². The van der Waals surface area contributed by atoms with Gasteiger partial charge in [0.15, 0.2) is 9.84 Å². The Hall–Kier alpha value is -2.53. The van der Waals surface area contributed by atoms with Crippen LogP contribution in [-0.2, 0) is 19.9 Å². The fourth-order valence-corrected chi connectivity index (χ4v) is 5.67. The van der Waals surface area contributed by atoms with E-state index in [1.807, 2.05) is 0 Å². The first kappa shape index (κ1) is 20.7. The van der Waals surface area contributed by atoms with Crippen molar-refractivity contribution in [3.8, 4) is 0 Å². The fraction of sp³-hybridized carbons (Fsp3) is 0.316. The van der Waals surface area contributed by atoms with Crippen LogP contribution < -0.4 is 10.0 Å². The molecular weight excluding hydrogens is 438 g/mol. The molecule has 2 aromatic rings. The third-order valence-electron chi connectivity index (χ3n) is 5.38. The Labute approximate surface area is 172 Å². The maximum absolute atomic E-state index is 13.8.